The van der Waals surface area contributed by atoms with Gasteiger partial charge in [0.2, 0.25) is 0 Å². The smallest absolute Gasteiger partial charge is 0.306 e. The van der Waals surface area contributed by atoms with E-state index in [1.54, 1.807) is 0 Å². The lowest BCUT2D eigenvalue weighted by molar-refractivity contribution is -0.167. The summed E-state index contributed by atoms with van der Waals surface area (Å²) >= 11 is 0. The summed E-state index contributed by atoms with van der Waals surface area (Å²) < 4.78 is 16.9. The first-order valence-corrected chi connectivity index (χ1v) is 29.9. The molecule has 0 fully saturated rings. The Bertz CT molecular complexity index is 996. The van der Waals surface area contributed by atoms with Crippen LogP contribution < -0.4 is 0 Å². The second-order valence-electron chi connectivity index (χ2n) is 21.1. The van der Waals surface area contributed by atoms with Gasteiger partial charge in [-0.3, -0.25) is 14.4 Å². The van der Waals surface area contributed by atoms with Crippen LogP contribution in [-0.2, 0) is 28.6 Å². The van der Waals surface area contributed by atoms with E-state index in [2.05, 4.69) is 27.7 Å². The van der Waals surface area contributed by atoms with Gasteiger partial charge in [0, 0.05) is 19.3 Å². The van der Waals surface area contributed by atoms with Gasteiger partial charge in [-0.05, 0) is 25.2 Å². The van der Waals surface area contributed by atoms with Gasteiger partial charge in [-0.15, -0.1) is 0 Å². The summed E-state index contributed by atoms with van der Waals surface area (Å²) in [5.74, 6) is 0.0210. The minimum atomic E-state index is -0.762. The number of ether oxygens (including phenoxy) is 3. The average Bonchev–Trinajstić information content (AvgIpc) is 3.30. The number of carbonyl (C=O) groups is 3. The van der Waals surface area contributed by atoms with Crippen LogP contribution in [-0.4, -0.2) is 37.2 Å². The van der Waals surface area contributed by atoms with Gasteiger partial charge < -0.3 is 14.2 Å². The zero-order valence-corrected chi connectivity index (χ0v) is 45.2. The molecule has 6 heteroatoms. The molecule has 0 unspecified atom stereocenters. The Balaban J connectivity index is 4.27. The maximum absolute atomic E-state index is 12.9. The highest BCUT2D eigenvalue weighted by atomic mass is 16.6. The van der Waals surface area contributed by atoms with E-state index in [4.69, 9.17) is 14.2 Å². The Morgan fingerprint density at radius 1 is 0.288 bits per heavy atom. The van der Waals surface area contributed by atoms with Crippen molar-refractivity contribution in [2.45, 2.75) is 348 Å². The van der Waals surface area contributed by atoms with Gasteiger partial charge >= 0.3 is 17.9 Å². The van der Waals surface area contributed by atoms with Crippen LogP contribution >= 0.6 is 0 Å². The molecule has 0 aromatic carbocycles. The maximum atomic E-state index is 12.9. The van der Waals surface area contributed by atoms with Crippen LogP contribution in [0.25, 0.3) is 0 Å². The molecule has 0 aromatic heterocycles. The van der Waals surface area contributed by atoms with Gasteiger partial charge in [0.25, 0.3) is 0 Å². The molecule has 0 spiro atoms. The topological polar surface area (TPSA) is 78.9 Å². The molecule has 0 rings (SSSR count). The number of hydrogen-bond donors (Lipinski definition) is 0. The van der Waals surface area contributed by atoms with Crippen molar-refractivity contribution < 1.29 is 28.6 Å². The van der Waals surface area contributed by atoms with Crippen LogP contribution in [0.5, 0.6) is 0 Å². The Morgan fingerprint density at radius 2 is 0.500 bits per heavy atom. The van der Waals surface area contributed by atoms with Crippen molar-refractivity contribution >= 4 is 17.9 Å². The number of hydrogen-bond acceptors (Lipinski definition) is 6. The van der Waals surface area contributed by atoms with E-state index in [0.29, 0.717) is 19.3 Å². The van der Waals surface area contributed by atoms with Crippen LogP contribution in [0.1, 0.15) is 342 Å². The van der Waals surface area contributed by atoms with E-state index in [9.17, 15) is 14.4 Å². The fraction of sp³-hybridized carbons (Fsp3) is 0.950. The number of rotatable bonds is 55. The molecule has 0 saturated carbocycles. The first-order chi connectivity index (χ1) is 32.4. The molecule has 0 bridgehead atoms. The first kappa shape index (κ1) is 64.4. The molecule has 0 radical (unpaired) electrons. The monoisotopic (exact) mass is 933 g/mol. The molecule has 0 amide bonds. The zero-order valence-electron chi connectivity index (χ0n) is 45.2. The molecule has 0 aromatic rings. The van der Waals surface area contributed by atoms with Gasteiger partial charge in [0.05, 0.1) is 0 Å². The first-order valence-electron chi connectivity index (χ1n) is 29.9. The molecule has 0 saturated heterocycles. The van der Waals surface area contributed by atoms with Gasteiger partial charge in [-0.1, -0.05) is 304 Å². The lowest BCUT2D eigenvalue weighted by Gasteiger charge is -2.18. The average molecular weight is 934 g/mol. The van der Waals surface area contributed by atoms with E-state index >= 15 is 0 Å². The summed E-state index contributed by atoms with van der Waals surface area (Å²) in [6.07, 6.45) is 59.5. The quantitative estimate of drug-likeness (QED) is 0.0343. The highest BCUT2D eigenvalue weighted by molar-refractivity contribution is 5.71. The molecule has 1 atom stereocenters. The second-order valence-corrected chi connectivity index (χ2v) is 21.1. The SMILES string of the molecule is CCCCCCCCCCCCCCCCCC(=O)O[C@@H](COC(=O)CCCCCCCCCCCCCCCC)COC(=O)CCCCCCCCCCCCCCCCCCC(C)C. The van der Waals surface area contributed by atoms with Crippen LogP contribution in [0, 0.1) is 5.92 Å². The summed E-state index contributed by atoms with van der Waals surface area (Å²) in [6.45, 7) is 9.08. The van der Waals surface area contributed by atoms with E-state index in [0.717, 1.165) is 63.7 Å². The van der Waals surface area contributed by atoms with Crippen LogP contribution in [0.2, 0.25) is 0 Å². The Hall–Kier alpha value is -1.59. The van der Waals surface area contributed by atoms with Crippen molar-refractivity contribution in [3.63, 3.8) is 0 Å². The summed E-state index contributed by atoms with van der Waals surface area (Å²) in [4.78, 5) is 38.2. The predicted octanol–water partition coefficient (Wildman–Crippen LogP) is 19.8. The Kier molecular flexibility index (Phi) is 53.0. The van der Waals surface area contributed by atoms with Crippen molar-refractivity contribution in [2.24, 2.45) is 5.92 Å². The molecule has 6 nitrogen and oxygen atoms in total. The van der Waals surface area contributed by atoms with E-state index in [-0.39, 0.29) is 31.1 Å². The second kappa shape index (κ2) is 54.4. The number of unbranched alkanes of at least 4 members (excludes halogenated alkanes) is 42. The van der Waals surface area contributed by atoms with E-state index in [1.165, 1.54) is 238 Å². The summed E-state index contributed by atoms with van der Waals surface area (Å²) in [5, 5.41) is 0. The van der Waals surface area contributed by atoms with Gasteiger partial charge in [-0.25, -0.2) is 0 Å². The minimum absolute atomic E-state index is 0.0615. The van der Waals surface area contributed by atoms with Crippen LogP contribution in [0.15, 0.2) is 0 Å². The summed E-state index contributed by atoms with van der Waals surface area (Å²) in [6, 6.07) is 0. The minimum Gasteiger partial charge on any atom is -0.462 e. The molecule has 0 N–H and O–H groups in total. The molecular formula is C60H116O6. The van der Waals surface area contributed by atoms with Crippen molar-refractivity contribution in [1.29, 1.82) is 0 Å². The van der Waals surface area contributed by atoms with E-state index in [1.807, 2.05) is 0 Å². The third kappa shape index (κ3) is 53.4. The third-order valence-electron chi connectivity index (χ3n) is 13.8. The molecule has 0 aliphatic carbocycles. The molecule has 0 aliphatic heterocycles. The summed E-state index contributed by atoms with van der Waals surface area (Å²) in [7, 11) is 0. The van der Waals surface area contributed by atoms with Crippen LogP contribution in [0.4, 0.5) is 0 Å². The fourth-order valence-corrected chi connectivity index (χ4v) is 9.28. The van der Waals surface area contributed by atoms with Crippen molar-refractivity contribution in [1.82, 2.24) is 0 Å². The van der Waals surface area contributed by atoms with Crippen molar-refractivity contribution in [3.05, 3.63) is 0 Å². The zero-order chi connectivity index (χ0) is 48.1. The number of carbonyl (C=O) groups excluding carboxylic acids is 3. The maximum Gasteiger partial charge on any atom is 0.306 e. The highest BCUT2D eigenvalue weighted by Crippen LogP contribution is 2.18. The molecule has 66 heavy (non-hydrogen) atoms. The van der Waals surface area contributed by atoms with Gasteiger partial charge in [-0.2, -0.15) is 0 Å². The lowest BCUT2D eigenvalue weighted by Crippen LogP contribution is -2.30. The highest BCUT2D eigenvalue weighted by Gasteiger charge is 2.19. The largest absolute Gasteiger partial charge is 0.462 e. The molecular weight excluding hydrogens is 817 g/mol. The fourth-order valence-electron chi connectivity index (χ4n) is 9.28. The van der Waals surface area contributed by atoms with Crippen molar-refractivity contribution in [2.75, 3.05) is 13.2 Å². The Labute approximate surface area is 412 Å². The van der Waals surface area contributed by atoms with E-state index < -0.39 is 6.10 Å². The van der Waals surface area contributed by atoms with Crippen molar-refractivity contribution in [3.8, 4) is 0 Å². The normalized spacial score (nSPS) is 12.0. The Morgan fingerprint density at radius 3 is 0.742 bits per heavy atom. The third-order valence-corrected chi connectivity index (χ3v) is 13.8. The molecule has 0 aliphatic rings. The molecule has 0 heterocycles. The summed E-state index contributed by atoms with van der Waals surface area (Å²) in [5.41, 5.74) is 0. The van der Waals surface area contributed by atoms with Gasteiger partial charge in [0.1, 0.15) is 13.2 Å². The van der Waals surface area contributed by atoms with Gasteiger partial charge in [0.15, 0.2) is 6.10 Å². The predicted molar refractivity (Wildman–Crippen MR) is 284 cm³/mol. The lowest BCUT2D eigenvalue weighted by atomic mass is 10.0. The number of esters is 3. The van der Waals surface area contributed by atoms with Crippen LogP contribution in [0.3, 0.4) is 0 Å². The standard InChI is InChI=1S/C60H116O6/c1-5-7-9-11-13-15-17-19-23-29-33-37-41-45-49-53-60(63)66-57(54-64-58(61)51-47-43-39-35-31-27-20-18-16-14-12-10-8-6-2)55-65-59(62)52-48-44-40-36-32-28-25-22-21-24-26-30-34-38-42-46-50-56(3)4/h56-57H,5-55H2,1-4H3/t57-/m0/s1. The molecule has 392 valence electrons.